The molecule has 0 aromatic heterocycles. The normalized spacial score (nSPS) is 13.3. The molecule has 4 nitrogen and oxygen atoms in total. The van der Waals surface area contributed by atoms with Crippen molar-refractivity contribution < 1.29 is 4.79 Å². The molecule has 0 heterocycles. The number of hydrogen-bond acceptors (Lipinski definition) is 3. The van der Waals surface area contributed by atoms with Crippen molar-refractivity contribution in [2.75, 3.05) is 27.2 Å². The van der Waals surface area contributed by atoms with Crippen LogP contribution in [0.15, 0.2) is 0 Å². The number of carbonyl (C=O) groups is 1. The van der Waals surface area contributed by atoms with Gasteiger partial charge >= 0.3 is 0 Å². The fraction of sp³-hybridized carbons (Fsp3) is 0.909. The Labute approximate surface area is 93.4 Å². The summed E-state index contributed by atoms with van der Waals surface area (Å²) in [4.78, 5) is 15.6. The molecule has 0 saturated heterocycles. The number of likely N-dealkylation sites (N-methyl/N-ethyl adjacent to an activating group) is 1. The number of carbonyl (C=O) groups excluding carboxylic acids is 1. The standard InChI is InChI=1S/C11H25N3O/c1-9(2)14(8-6-7-12)10(3)11(15)13(4)5/h9-10H,6-8,12H2,1-5H3. The van der Waals surface area contributed by atoms with E-state index in [2.05, 4.69) is 18.7 Å². The van der Waals surface area contributed by atoms with Crippen LogP contribution in [-0.4, -0.2) is 55.0 Å². The maximum Gasteiger partial charge on any atom is 0.239 e. The van der Waals surface area contributed by atoms with E-state index in [1.807, 2.05) is 6.92 Å². The van der Waals surface area contributed by atoms with Gasteiger partial charge in [0.15, 0.2) is 0 Å². The van der Waals surface area contributed by atoms with Gasteiger partial charge < -0.3 is 10.6 Å². The Balaban J connectivity index is 4.40. The van der Waals surface area contributed by atoms with Gasteiger partial charge in [-0.05, 0) is 33.7 Å². The minimum atomic E-state index is -0.0634. The van der Waals surface area contributed by atoms with Crippen molar-refractivity contribution in [3.63, 3.8) is 0 Å². The van der Waals surface area contributed by atoms with Crippen LogP contribution in [0, 0.1) is 0 Å². The van der Waals surface area contributed by atoms with Gasteiger partial charge in [-0.3, -0.25) is 9.69 Å². The first-order valence-electron chi connectivity index (χ1n) is 5.58. The van der Waals surface area contributed by atoms with Gasteiger partial charge in [-0.25, -0.2) is 0 Å². The molecule has 0 rings (SSSR count). The summed E-state index contributed by atoms with van der Waals surface area (Å²) < 4.78 is 0. The number of amides is 1. The minimum Gasteiger partial charge on any atom is -0.347 e. The average molecular weight is 215 g/mol. The van der Waals surface area contributed by atoms with Crippen molar-refractivity contribution in [1.82, 2.24) is 9.80 Å². The summed E-state index contributed by atoms with van der Waals surface area (Å²) in [5.41, 5.74) is 5.49. The Morgan fingerprint density at radius 3 is 2.13 bits per heavy atom. The Bertz CT molecular complexity index is 192. The molecule has 0 aliphatic heterocycles. The van der Waals surface area contributed by atoms with Crippen molar-refractivity contribution in [3.05, 3.63) is 0 Å². The lowest BCUT2D eigenvalue weighted by Crippen LogP contribution is -2.48. The van der Waals surface area contributed by atoms with Crippen LogP contribution < -0.4 is 5.73 Å². The second-order valence-corrected chi connectivity index (χ2v) is 4.38. The molecule has 0 saturated carbocycles. The smallest absolute Gasteiger partial charge is 0.239 e. The molecular weight excluding hydrogens is 190 g/mol. The van der Waals surface area contributed by atoms with Crippen LogP contribution in [0.25, 0.3) is 0 Å². The number of hydrogen-bond donors (Lipinski definition) is 1. The molecule has 0 aromatic rings. The van der Waals surface area contributed by atoms with Crippen LogP contribution in [0.2, 0.25) is 0 Å². The quantitative estimate of drug-likeness (QED) is 0.703. The molecule has 0 aliphatic carbocycles. The zero-order valence-corrected chi connectivity index (χ0v) is 10.7. The first kappa shape index (κ1) is 14.4. The van der Waals surface area contributed by atoms with E-state index in [0.717, 1.165) is 13.0 Å². The number of nitrogens with two attached hydrogens (primary N) is 1. The SMILES string of the molecule is CC(C)N(CCCN)C(C)C(=O)N(C)C. The van der Waals surface area contributed by atoms with Crippen LogP contribution in [0.5, 0.6) is 0 Å². The van der Waals surface area contributed by atoms with E-state index in [0.29, 0.717) is 12.6 Å². The highest BCUT2D eigenvalue weighted by Crippen LogP contribution is 2.08. The van der Waals surface area contributed by atoms with Crippen LogP contribution in [0.1, 0.15) is 27.2 Å². The van der Waals surface area contributed by atoms with Crippen molar-refractivity contribution >= 4 is 5.91 Å². The third-order valence-corrected chi connectivity index (χ3v) is 2.58. The van der Waals surface area contributed by atoms with Crippen LogP contribution in [-0.2, 0) is 4.79 Å². The van der Waals surface area contributed by atoms with E-state index < -0.39 is 0 Å². The minimum absolute atomic E-state index is 0.0634. The van der Waals surface area contributed by atoms with Gasteiger partial charge in [0.25, 0.3) is 0 Å². The maximum absolute atomic E-state index is 11.8. The Kier molecular flexibility index (Phi) is 6.52. The van der Waals surface area contributed by atoms with Crippen molar-refractivity contribution in [1.29, 1.82) is 0 Å². The molecule has 0 aromatic carbocycles. The first-order valence-corrected chi connectivity index (χ1v) is 5.58. The average Bonchev–Trinajstić information content (AvgIpc) is 2.16. The maximum atomic E-state index is 11.8. The first-order chi connectivity index (χ1) is 6.91. The largest absolute Gasteiger partial charge is 0.347 e. The molecule has 0 spiro atoms. The third-order valence-electron chi connectivity index (χ3n) is 2.58. The Hall–Kier alpha value is -0.610. The molecule has 0 radical (unpaired) electrons. The van der Waals surface area contributed by atoms with Gasteiger partial charge in [0.1, 0.15) is 0 Å². The summed E-state index contributed by atoms with van der Waals surface area (Å²) in [6, 6.07) is 0.307. The summed E-state index contributed by atoms with van der Waals surface area (Å²) >= 11 is 0. The van der Waals surface area contributed by atoms with Gasteiger partial charge in [0, 0.05) is 26.7 Å². The molecule has 1 amide bonds. The summed E-state index contributed by atoms with van der Waals surface area (Å²) in [5.74, 6) is 0.153. The van der Waals surface area contributed by atoms with Gasteiger partial charge in [0.2, 0.25) is 5.91 Å². The third kappa shape index (κ3) is 4.62. The molecule has 1 unspecified atom stereocenters. The molecule has 1 atom stereocenters. The lowest BCUT2D eigenvalue weighted by atomic mass is 10.2. The van der Waals surface area contributed by atoms with E-state index in [-0.39, 0.29) is 11.9 Å². The highest BCUT2D eigenvalue weighted by atomic mass is 16.2. The predicted molar refractivity (Wildman–Crippen MR) is 63.7 cm³/mol. The van der Waals surface area contributed by atoms with Gasteiger partial charge in [0.05, 0.1) is 6.04 Å². The lowest BCUT2D eigenvalue weighted by molar-refractivity contribution is -0.134. The highest BCUT2D eigenvalue weighted by molar-refractivity contribution is 5.80. The van der Waals surface area contributed by atoms with Crippen molar-refractivity contribution in [2.24, 2.45) is 5.73 Å². The summed E-state index contributed by atoms with van der Waals surface area (Å²) in [7, 11) is 3.58. The monoisotopic (exact) mass is 215 g/mol. The Morgan fingerprint density at radius 2 is 1.80 bits per heavy atom. The molecule has 4 heteroatoms. The van der Waals surface area contributed by atoms with Crippen molar-refractivity contribution in [2.45, 2.75) is 39.3 Å². The summed E-state index contributed by atoms with van der Waals surface area (Å²) in [5, 5.41) is 0. The van der Waals surface area contributed by atoms with E-state index >= 15 is 0 Å². The fourth-order valence-electron chi connectivity index (χ4n) is 1.69. The Morgan fingerprint density at radius 1 is 1.27 bits per heavy atom. The topological polar surface area (TPSA) is 49.6 Å². The molecule has 0 fully saturated rings. The van der Waals surface area contributed by atoms with Gasteiger partial charge in [-0.1, -0.05) is 0 Å². The zero-order valence-electron chi connectivity index (χ0n) is 10.7. The summed E-state index contributed by atoms with van der Waals surface area (Å²) in [6.07, 6.45) is 0.934. The lowest BCUT2D eigenvalue weighted by Gasteiger charge is -2.33. The van der Waals surface area contributed by atoms with E-state index in [9.17, 15) is 4.79 Å². The van der Waals surface area contributed by atoms with E-state index in [1.165, 1.54) is 0 Å². The van der Waals surface area contributed by atoms with Gasteiger partial charge in [-0.15, -0.1) is 0 Å². The molecule has 0 aliphatic rings. The number of rotatable bonds is 6. The van der Waals surface area contributed by atoms with E-state index in [1.54, 1.807) is 19.0 Å². The molecule has 0 bridgehead atoms. The predicted octanol–water partition coefficient (Wildman–Crippen LogP) is 0.522. The van der Waals surface area contributed by atoms with Crippen molar-refractivity contribution in [3.8, 4) is 0 Å². The molecule has 15 heavy (non-hydrogen) atoms. The van der Waals surface area contributed by atoms with E-state index in [4.69, 9.17) is 5.73 Å². The molecule has 90 valence electrons. The second-order valence-electron chi connectivity index (χ2n) is 4.38. The van der Waals surface area contributed by atoms with Crippen LogP contribution >= 0.6 is 0 Å². The summed E-state index contributed by atoms with van der Waals surface area (Å²) in [6.45, 7) is 7.73. The fourth-order valence-corrected chi connectivity index (χ4v) is 1.69. The highest BCUT2D eigenvalue weighted by Gasteiger charge is 2.23. The van der Waals surface area contributed by atoms with Crippen LogP contribution in [0.4, 0.5) is 0 Å². The van der Waals surface area contributed by atoms with Gasteiger partial charge in [-0.2, -0.15) is 0 Å². The second kappa shape index (κ2) is 6.80. The molecular formula is C11H25N3O. The number of nitrogens with zero attached hydrogens (tertiary/aromatic N) is 2. The van der Waals surface area contributed by atoms with Crippen LogP contribution in [0.3, 0.4) is 0 Å². The molecule has 2 N–H and O–H groups in total. The zero-order chi connectivity index (χ0) is 12.0.